The minimum atomic E-state index is -0.139. The van der Waals surface area contributed by atoms with Crippen LogP contribution in [-0.4, -0.2) is 12.5 Å². The highest BCUT2D eigenvalue weighted by molar-refractivity contribution is 9.09. The van der Waals surface area contributed by atoms with Crippen molar-refractivity contribution in [3.63, 3.8) is 0 Å². The van der Waals surface area contributed by atoms with Crippen LogP contribution in [0, 0.1) is 0 Å². The lowest BCUT2D eigenvalue weighted by molar-refractivity contribution is 0.318. The Morgan fingerprint density at radius 3 is 2.60 bits per heavy atom. The molecule has 0 heterocycles. The Balaban J connectivity index is 2.83. The monoisotopic (exact) mass is 290 g/mol. The third kappa shape index (κ3) is 3.39. The Labute approximate surface area is 102 Å². The molecule has 0 bridgehead atoms. The molecule has 0 amide bonds. The molecule has 0 aromatic heterocycles. The number of hydrazone groups is 1. The van der Waals surface area contributed by atoms with Gasteiger partial charge in [-0.1, -0.05) is 39.7 Å². The molecule has 0 spiro atoms. The second kappa shape index (κ2) is 5.98. The largest absolute Gasteiger partial charge is 0.479 e. The van der Waals surface area contributed by atoms with Crippen molar-refractivity contribution in [3.05, 3.63) is 34.9 Å². The molecule has 15 heavy (non-hydrogen) atoms. The molecule has 0 aliphatic rings. The number of rotatable bonds is 3. The van der Waals surface area contributed by atoms with Crippen LogP contribution in [0.25, 0.3) is 0 Å². The molecule has 1 aromatic rings. The van der Waals surface area contributed by atoms with E-state index in [1.807, 2.05) is 31.2 Å². The first kappa shape index (κ1) is 12.3. The summed E-state index contributed by atoms with van der Waals surface area (Å²) >= 11 is 9.25. The van der Waals surface area contributed by atoms with Crippen molar-refractivity contribution in [1.29, 1.82) is 0 Å². The zero-order chi connectivity index (χ0) is 11.3. The molecule has 3 nitrogen and oxygen atoms in total. The highest BCUT2D eigenvalue weighted by Gasteiger charge is 2.15. The zero-order valence-corrected chi connectivity index (χ0v) is 10.6. The van der Waals surface area contributed by atoms with Crippen LogP contribution in [0.3, 0.4) is 0 Å². The molecule has 0 saturated heterocycles. The van der Waals surface area contributed by atoms with E-state index in [2.05, 4.69) is 21.0 Å². The van der Waals surface area contributed by atoms with Crippen molar-refractivity contribution in [2.75, 3.05) is 6.61 Å². The van der Waals surface area contributed by atoms with Crippen molar-refractivity contribution < 1.29 is 4.74 Å². The maximum atomic E-state index is 5.79. The van der Waals surface area contributed by atoms with Crippen LogP contribution in [0.15, 0.2) is 29.4 Å². The van der Waals surface area contributed by atoms with E-state index in [-0.39, 0.29) is 4.83 Å². The Morgan fingerprint density at radius 1 is 1.53 bits per heavy atom. The summed E-state index contributed by atoms with van der Waals surface area (Å²) in [5.74, 6) is 5.69. The molecule has 82 valence electrons. The highest BCUT2D eigenvalue weighted by Crippen LogP contribution is 2.26. The van der Waals surface area contributed by atoms with Gasteiger partial charge in [-0.3, -0.25) is 0 Å². The summed E-state index contributed by atoms with van der Waals surface area (Å²) in [6, 6.07) is 7.41. The standard InChI is InChI=1S/C10H12BrClN2O/c1-2-15-10(14-13)9(11)7-3-5-8(12)6-4-7/h3-6,9H,2,13H2,1H3. The third-order valence-electron chi connectivity index (χ3n) is 1.80. The number of ether oxygens (including phenoxy) is 1. The Kier molecular flexibility index (Phi) is 4.91. The molecule has 5 heteroatoms. The second-order valence-electron chi connectivity index (χ2n) is 2.81. The van der Waals surface area contributed by atoms with E-state index in [4.69, 9.17) is 22.2 Å². The first-order valence-electron chi connectivity index (χ1n) is 4.49. The van der Waals surface area contributed by atoms with Crippen LogP contribution in [0.5, 0.6) is 0 Å². The van der Waals surface area contributed by atoms with Gasteiger partial charge in [-0.05, 0) is 24.6 Å². The van der Waals surface area contributed by atoms with Gasteiger partial charge in [0.05, 0.1) is 6.61 Å². The summed E-state index contributed by atoms with van der Waals surface area (Å²) in [6.45, 7) is 2.42. The van der Waals surface area contributed by atoms with Gasteiger partial charge in [0.1, 0.15) is 4.83 Å². The normalized spacial score (nSPS) is 13.7. The summed E-state index contributed by atoms with van der Waals surface area (Å²) < 4.78 is 5.28. The molecular formula is C10H12BrClN2O. The number of halogens is 2. The molecular weight excluding hydrogens is 279 g/mol. The van der Waals surface area contributed by atoms with E-state index < -0.39 is 0 Å². The van der Waals surface area contributed by atoms with Crippen LogP contribution in [0.2, 0.25) is 5.02 Å². The van der Waals surface area contributed by atoms with Crippen LogP contribution in [0.4, 0.5) is 0 Å². The topological polar surface area (TPSA) is 47.6 Å². The number of nitrogens with zero attached hydrogens (tertiary/aromatic N) is 1. The predicted octanol–water partition coefficient (Wildman–Crippen LogP) is 3.08. The van der Waals surface area contributed by atoms with E-state index in [9.17, 15) is 0 Å². The molecule has 0 aliphatic heterocycles. The number of hydrogen-bond donors (Lipinski definition) is 1. The minimum Gasteiger partial charge on any atom is -0.479 e. The summed E-state index contributed by atoms with van der Waals surface area (Å²) in [6.07, 6.45) is 0. The molecule has 0 aliphatic carbocycles. The Bertz CT molecular complexity index is 340. The summed E-state index contributed by atoms with van der Waals surface area (Å²) in [5.41, 5.74) is 0.997. The van der Waals surface area contributed by atoms with Gasteiger partial charge in [0.25, 0.3) is 0 Å². The lowest BCUT2D eigenvalue weighted by Crippen LogP contribution is -2.13. The summed E-state index contributed by atoms with van der Waals surface area (Å²) in [4.78, 5) is -0.139. The fraction of sp³-hybridized carbons (Fsp3) is 0.300. The first-order valence-corrected chi connectivity index (χ1v) is 5.78. The average molecular weight is 292 g/mol. The molecule has 1 unspecified atom stereocenters. The molecule has 1 aromatic carbocycles. The molecule has 0 radical (unpaired) electrons. The van der Waals surface area contributed by atoms with Gasteiger partial charge < -0.3 is 10.6 Å². The SMILES string of the molecule is CCOC(=NN)C(Br)c1ccc(Cl)cc1. The second-order valence-corrected chi connectivity index (χ2v) is 4.17. The highest BCUT2D eigenvalue weighted by atomic mass is 79.9. The maximum Gasteiger partial charge on any atom is 0.223 e. The van der Waals surface area contributed by atoms with Gasteiger partial charge >= 0.3 is 0 Å². The molecule has 0 fully saturated rings. The van der Waals surface area contributed by atoms with E-state index in [1.54, 1.807) is 0 Å². The van der Waals surface area contributed by atoms with Gasteiger partial charge in [0, 0.05) is 5.02 Å². The van der Waals surface area contributed by atoms with Gasteiger partial charge in [0.2, 0.25) is 5.90 Å². The summed E-state index contributed by atoms with van der Waals surface area (Å²) in [7, 11) is 0. The average Bonchev–Trinajstić information content (AvgIpc) is 2.26. The van der Waals surface area contributed by atoms with Crippen molar-refractivity contribution in [2.45, 2.75) is 11.8 Å². The molecule has 0 saturated carbocycles. The minimum absolute atomic E-state index is 0.139. The molecule has 2 N–H and O–H groups in total. The number of benzene rings is 1. The number of alkyl halides is 1. The van der Waals surface area contributed by atoms with Crippen molar-refractivity contribution >= 4 is 33.4 Å². The number of nitrogens with two attached hydrogens (primary N) is 1. The quantitative estimate of drug-likeness (QED) is 0.306. The van der Waals surface area contributed by atoms with Crippen LogP contribution in [0.1, 0.15) is 17.3 Å². The lowest BCUT2D eigenvalue weighted by Gasteiger charge is -2.12. The fourth-order valence-corrected chi connectivity index (χ4v) is 1.78. The molecule has 1 rings (SSSR count). The van der Waals surface area contributed by atoms with Gasteiger partial charge in [-0.25, -0.2) is 0 Å². The summed E-state index contributed by atoms with van der Waals surface area (Å²) in [5, 5.41) is 4.29. The van der Waals surface area contributed by atoms with E-state index in [0.717, 1.165) is 5.56 Å². The van der Waals surface area contributed by atoms with Gasteiger partial charge in [-0.2, -0.15) is 0 Å². The Hall–Kier alpha value is -0.740. The van der Waals surface area contributed by atoms with E-state index in [1.165, 1.54) is 0 Å². The lowest BCUT2D eigenvalue weighted by atomic mass is 10.1. The van der Waals surface area contributed by atoms with Gasteiger partial charge in [-0.15, -0.1) is 5.10 Å². The van der Waals surface area contributed by atoms with Crippen LogP contribution in [-0.2, 0) is 4.74 Å². The van der Waals surface area contributed by atoms with Gasteiger partial charge in [0.15, 0.2) is 0 Å². The van der Waals surface area contributed by atoms with Crippen LogP contribution >= 0.6 is 27.5 Å². The zero-order valence-electron chi connectivity index (χ0n) is 8.28. The number of hydrogen-bond acceptors (Lipinski definition) is 3. The Morgan fingerprint density at radius 2 is 2.13 bits per heavy atom. The predicted molar refractivity (Wildman–Crippen MR) is 66.4 cm³/mol. The molecule has 1 atom stereocenters. The smallest absolute Gasteiger partial charge is 0.223 e. The van der Waals surface area contributed by atoms with E-state index >= 15 is 0 Å². The van der Waals surface area contributed by atoms with E-state index in [0.29, 0.717) is 17.5 Å². The third-order valence-corrected chi connectivity index (χ3v) is 2.97. The first-order chi connectivity index (χ1) is 7.19. The van der Waals surface area contributed by atoms with Crippen molar-refractivity contribution in [1.82, 2.24) is 0 Å². The van der Waals surface area contributed by atoms with Crippen LogP contribution < -0.4 is 5.84 Å². The van der Waals surface area contributed by atoms with Crippen molar-refractivity contribution in [3.8, 4) is 0 Å². The van der Waals surface area contributed by atoms with Crippen molar-refractivity contribution in [2.24, 2.45) is 10.9 Å². The fourth-order valence-electron chi connectivity index (χ4n) is 1.10. The maximum absolute atomic E-state index is 5.79.